The topological polar surface area (TPSA) is 37.9 Å². The Morgan fingerprint density at radius 2 is 1.05 bits per heavy atom. The van der Waals surface area contributed by atoms with E-state index in [1.807, 2.05) is 40.9 Å². The molecule has 0 aliphatic heterocycles. The fraction of sp³-hybridized carbons (Fsp3) is 0.0492. The lowest BCUT2D eigenvalue weighted by Gasteiger charge is -2.14. The fourth-order valence-electron chi connectivity index (χ4n) is 10.1. The van der Waals surface area contributed by atoms with Crippen molar-refractivity contribution in [2.45, 2.75) is 19.9 Å². The Kier molecular flexibility index (Phi) is 9.09. The zero-order chi connectivity index (χ0) is 43.9. The van der Waals surface area contributed by atoms with Crippen molar-refractivity contribution in [2.24, 2.45) is 9.98 Å². The van der Waals surface area contributed by atoms with Gasteiger partial charge in [-0.05, 0) is 123 Å². The molecule has 5 heteroatoms. The highest BCUT2D eigenvalue weighted by Crippen LogP contribution is 2.42. The molecule has 0 amide bonds. The molecule has 0 spiro atoms. The first-order valence-corrected chi connectivity index (χ1v) is 24.1. The molecule has 66 heavy (non-hydrogen) atoms. The third kappa shape index (κ3) is 6.30. The normalized spacial score (nSPS) is 13.4. The predicted octanol–water partition coefficient (Wildman–Crippen LogP) is 18.0. The van der Waals surface area contributed by atoms with Crippen LogP contribution in [0, 0.1) is 0 Å². The summed E-state index contributed by atoms with van der Waals surface area (Å²) < 4.78 is 11.6. The molecule has 0 N–H and O–H groups in total. The Morgan fingerprint density at radius 3 is 1.83 bits per heavy atom. The molecule has 0 radical (unpaired) electrons. The summed E-state index contributed by atoms with van der Waals surface area (Å²) in [7, 11) is 0. The average molecular weight is 881 g/mol. The maximum Gasteiger partial charge on any atom is 0.156 e. The second-order valence-electron chi connectivity index (χ2n) is 17.1. The number of furan rings is 1. The summed E-state index contributed by atoms with van der Waals surface area (Å²) in [5.74, 6) is 0.659. The molecule has 3 nitrogen and oxygen atoms in total. The minimum Gasteiger partial charge on any atom is -0.456 e. The number of thiophene rings is 2. The average Bonchev–Trinajstić information content (AvgIpc) is 4.06. The van der Waals surface area contributed by atoms with Crippen LogP contribution in [-0.2, 0) is 0 Å². The smallest absolute Gasteiger partial charge is 0.156 e. The van der Waals surface area contributed by atoms with Gasteiger partial charge in [0.25, 0.3) is 0 Å². The van der Waals surface area contributed by atoms with Gasteiger partial charge in [-0.3, -0.25) is 4.99 Å². The molecule has 0 fully saturated rings. The molecule has 1 unspecified atom stereocenters. The van der Waals surface area contributed by atoms with E-state index in [9.17, 15) is 0 Å². The molecule has 312 valence electrons. The van der Waals surface area contributed by atoms with Crippen molar-refractivity contribution in [1.82, 2.24) is 0 Å². The van der Waals surface area contributed by atoms with Crippen LogP contribution in [0.4, 0.5) is 0 Å². The van der Waals surface area contributed by atoms with Crippen LogP contribution in [0.15, 0.2) is 215 Å². The van der Waals surface area contributed by atoms with E-state index in [0.29, 0.717) is 5.84 Å². The summed E-state index contributed by atoms with van der Waals surface area (Å²) in [5, 5.41) is 14.7. The van der Waals surface area contributed by atoms with Crippen LogP contribution in [0.2, 0.25) is 0 Å². The van der Waals surface area contributed by atoms with Gasteiger partial charge < -0.3 is 4.42 Å². The number of amidine groups is 1. The number of hydrogen-bond acceptors (Lipinski definition) is 4. The van der Waals surface area contributed by atoms with E-state index < -0.39 is 0 Å². The third-order valence-corrected chi connectivity index (χ3v) is 15.5. The Bertz CT molecular complexity index is 4180. The molecule has 3 heterocycles. The zero-order valence-corrected chi connectivity index (χ0v) is 37.9. The Hall–Kier alpha value is -7.70. The molecule has 1 atom stereocenters. The number of nitrogens with zero attached hydrogens (tertiary/aromatic N) is 2. The predicted molar refractivity (Wildman–Crippen MR) is 287 cm³/mol. The quantitative estimate of drug-likeness (QED) is 0.0710. The molecule has 10 aromatic carbocycles. The van der Waals surface area contributed by atoms with Crippen molar-refractivity contribution >= 4 is 129 Å². The first-order chi connectivity index (χ1) is 32.6. The summed E-state index contributed by atoms with van der Waals surface area (Å²) in [4.78, 5) is 11.2. The maximum absolute atomic E-state index is 6.43. The molecule has 0 saturated heterocycles. The SMILES string of the molecule is C/C=C\C(N=C(N=C(C)c1ccc2c3ccccc3c3ccccc3c2c1)c1cccc2oc3ccccc3c12)c1ccc2sc3cc(-c4ccc5sc6ccccc6c5c4)ccc3c2c1. The molecule has 0 aliphatic rings. The van der Waals surface area contributed by atoms with Crippen LogP contribution in [0.25, 0.3) is 106 Å². The zero-order valence-electron chi connectivity index (χ0n) is 36.2. The van der Waals surface area contributed by atoms with Crippen molar-refractivity contribution in [3.8, 4) is 11.1 Å². The lowest BCUT2D eigenvalue weighted by Crippen LogP contribution is -2.07. The lowest BCUT2D eigenvalue weighted by atomic mass is 9.93. The molecule has 3 aromatic heterocycles. The Morgan fingerprint density at radius 1 is 0.470 bits per heavy atom. The standard InChI is InChI=1S/C61H40N2OS2/c1-3-13-53(40-27-31-58-52(34-40)47-29-25-39(35-59(47)66-58)38-26-30-57-51(33-38)46-18-9-11-23-56(46)65-57)63-61(49-20-12-22-55-60(49)48-19-8-10-21-54(48)64-55)62-36(2)37-24-28-45-43-16-5-4-14-41(43)42-15-6-7-17-44(42)50(45)32-37/h3-35,53H,1-2H3/b13-3-,62-36?,63-61?. The fourth-order valence-corrected chi connectivity index (χ4v) is 12.3. The molecule has 13 rings (SSSR count). The third-order valence-electron chi connectivity index (χ3n) is 13.3. The van der Waals surface area contributed by atoms with Crippen LogP contribution < -0.4 is 0 Å². The van der Waals surface area contributed by atoms with Crippen molar-refractivity contribution in [3.05, 3.63) is 217 Å². The molecule has 13 aromatic rings. The summed E-state index contributed by atoms with van der Waals surface area (Å²) >= 11 is 3.71. The minimum absolute atomic E-state index is 0.298. The van der Waals surface area contributed by atoms with Gasteiger partial charge in [0, 0.05) is 62.4 Å². The Balaban J connectivity index is 0.952. The maximum atomic E-state index is 6.43. The van der Waals surface area contributed by atoms with E-state index in [2.05, 4.69) is 196 Å². The summed E-state index contributed by atoms with van der Waals surface area (Å²) in [5.41, 5.74) is 8.11. The lowest BCUT2D eigenvalue weighted by molar-refractivity contribution is 0.669. The van der Waals surface area contributed by atoms with Crippen LogP contribution in [0.1, 0.15) is 36.6 Å². The monoisotopic (exact) mass is 880 g/mol. The minimum atomic E-state index is -0.298. The molecule has 0 aliphatic carbocycles. The number of fused-ring (bicyclic) bond motifs is 15. The highest BCUT2D eigenvalue weighted by Gasteiger charge is 2.19. The van der Waals surface area contributed by atoms with Gasteiger partial charge in [-0.2, -0.15) is 0 Å². The largest absolute Gasteiger partial charge is 0.456 e. The van der Waals surface area contributed by atoms with Crippen molar-refractivity contribution in [2.75, 3.05) is 0 Å². The van der Waals surface area contributed by atoms with Gasteiger partial charge in [0.15, 0.2) is 5.84 Å². The van der Waals surface area contributed by atoms with Gasteiger partial charge in [0.1, 0.15) is 11.2 Å². The van der Waals surface area contributed by atoms with Gasteiger partial charge in [-0.1, -0.05) is 146 Å². The second-order valence-corrected chi connectivity index (χ2v) is 19.3. The number of para-hydroxylation sites is 1. The molecular weight excluding hydrogens is 841 g/mol. The second kappa shape index (κ2) is 15.5. The van der Waals surface area contributed by atoms with Gasteiger partial charge >= 0.3 is 0 Å². The van der Waals surface area contributed by atoms with Crippen LogP contribution in [0.3, 0.4) is 0 Å². The van der Waals surface area contributed by atoms with Gasteiger partial charge in [0.2, 0.25) is 0 Å². The molecule has 0 saturated carbocycles. The van der Waals surface area contributed by atoms with E-state index in [1.54, 1.807) is 0 Å². The first-order valence-electron chi connectivity index (χ1n) is 22.4. The Labute approximate surface area is 388 Å². The number of allylic oxidation sites excluding steroid dienone is 1. The van der Waals surface area contributed by atoms with Crippen LogP contribution in [-0.4, -0.2) is 11.5 Å². The summed E-state index contributed by atoms with van der Waals surface area (Å²) in [6.07, 6.45) is 4.29. The molecule has 0 bridgehead atoms. The van der Waals surface area contributed by atoms with Gasteiger partial charge in [-0.25, -0.2) is 4.99 Å². The van der Waals surface area contributed by atoms with E-state index >= 15 is 0 Å². The van der Waals surface area contributed by atoms with Crippen molar-refractivity contribution in [3.63, 3.8) is 0 Å². The van der Waals surface area contributed by atoms with E-state index in [-0.39, 0.29) is 6.04 Å². The van der Waals surface area contributed by atoms with Crippen LogP contribution in [0.5, 0.6) is 0 Å². The summed E-state index contributed by atoms with van der Waals surface area (Å²) in [6.45, 7) is 4.18. The van der Waals surface area contributed by atoms with Crippen molar-refractivity contribution in [1.29, 1.82) is 0 Å². The van der Waals surface area contributed by atoms with E-state index in [0.717, 1.165) is 44.3 Å². The molecular formula is C61H40N2OS2. The van der Waals surface area contributed by atoms with Crippen molar-refractivity contribution < 1.29 is 4.42 Å². The highest BCUT2D eigenvalue weighted by atomic mass is 32.1. The number of hydrogen-bond donors (Lipinski definition) is 0. The van der Waals surface area contributed by atoms with Gasteiger partial charge in [0.05, 0.1) is 6.04 Å². The van der Waals surface area contributed by atoms with E-state index in [1.165, 1.54) is 83.8 Å². The summed E-state index contributed by atoms with van der Waals surface area (Å²) in [6, 6.07) is 67.8. The van der Waals surface area contributed by atoms with Gasteiger partial charge in [-0.15, -0.1) is 22.7 Å². The number of benzene rings is 10. The highest BCUT2D eigenvalue weighted by molar-refractivity contribution is 7.26. The first kappa shape index (κ1) is 38.7. The van der Waals surface area contributed by atoms with E-state index in [4.69, 9.17) is 14.4 Å². The number of aliphatic imine (C=N–C) groups is 2. The van der Waals surface area contributed by atoms with Crippen LogP contribution >= 0.6 is 22.7 Å². The number of rotatable bonds is 6.